The van der Waals surface area contributed by atoms with Crippen molar-refractivity contribution in [2.45, 2.75) is 36.5 Å². The Morgan fingerprint density at radius 1 is 1.22 bits per heavy atom. The molecule has 1 aromatic carbocycles. The van der Waals surface area contributed by atoms with Crippen LogP contribution < -0.4 is 15.5 Å². The second-order valence-corrected chi connectivity index (χ2v) is 9.04. The number of nitrogens with zero attached hydrogens (tertiary/aromatic N) is 5. The zero-order valence-electron chi connectivity index (χ0n) is 17.7. The van der Waals surface area contributed by atoms with Crippen LogP contribution in [0, 0.1) is 11.7 Å². The lowest BCUT2D eigenvalue weighted by Gasteiger charge is -2.32. The van der Waals surface area contributed by atoms with Crippen LogP contribution in [0.4, 0.5) is 16.2 Å². The normalized spacial score (nSPS) is 15.9. The molecule has 1 aliphatic rings. The lowest BCUT2D eigenvalue weighted by Crippen LogP contribution is -2.35. The van der Waals surface area contributed by atoms with Gasteiger partial charge in [0.2, 0.25) is 5.95 Å². The van der Waals surface area contributed by atoms with Crippen molar-refractivity contribution in [3.05, 3.63) is 60.2 Å². The van der Waals surface area contributed by atoms with Gasteiger partial charge in [0.05, 0.1) is 0 Å². The summed E-state index contributed by atoms with van der Waals surface area (Å²) in [6.07, 6.45) is 5.77. The third kappa shape index (κ3) is 6.33. The quantitative estimate of drug-likeness (QED) is 0.312. The average molecular weight is 470 g/mol. The third-order valence-corrected chi connectivity index (χ3v) is 6.06. The van der Waals surface area contributed by atoms with E-state index in [1.54, 1.807) is 30.6 Å². The van der Waals surface area contributed by atoms with Gasteiger partial charge in [-0.1, -0.05) is 19.1 Å². The standard InChI is InChI=1S/C22H24FN7S2/c1-15-4-2-11-30(14-15)18-12-19(32-22-24-9-3-10-25-22)28-20(27-18)29-21(31)26-13-16-5-7-17(23)8-6-16/h3,5-10,12,15H,2,4,11,13-14H2,1H3,(H2,26,27,28,29,31)/t15-/m0/s1. The molecule has 166 valence electrons. The van der Waals surface area contributed by atoms with Gasteiger partial charge in [0.1, 0.15) is 16.7 Å². The van der Waals surface area contributed by atoms with Gasteiger partial charge in [-0.25, -0.2) is 19.3 Å². The van der Waals surface area contributed by atoms with E-state index >= 15 is 0 Å². The van der Waals surface area contributed by atoms with Crippen molar-refractivity contribution >= 4 is 40.9 Å². The molecule has 4 rings (SSSR count). The van der Waals surface area contributed by atoms with Crippen LogP contribution >= 0.6 is 24.0 Å². The molecule has 2 N–H and O–H groups in total. The first kappa shape index (κ1) is 22.3. The molecule has 0 unspecified atom stereocenters. The van der Waals surface area contributed by atoms with Crippen molar-refractivity contribution in [3.63, 3.8) is 0 Å². The van der Waals surface area contributed by atoms with Crippen molar-refractivity contribution in [2.75, 3.05) is 23.3 Å². The van der Waals surface area contributed by atoms with Crippen LogP contribution in [0.15, 0.2) is 59.0 Å². The Bertz CT molecular complexity index is 1050. The molecule has 7 nitrogen and oxygen atoms in total. The number of aromatic nitrogens is 4. The summed E-state index contributed by atoms with van der Waals surface area (Å²) in [4.78, 5) is 20.2. The highest BCUT2D eigenvalue weighted by Crippen LogP contribution is 2.29. The number of anilines is 2. The number of hydrogen-bond acceptors (Lipinski definition) is 7. The molecule has 0 spiro atoms. The van der Waals surface area contributed by atoms with E-state index in [-0.39, 0.29) is 5.82 Å². The van der Waals surface area contributed by atoms with Crippen LogP contribution in [0.3, 0.4) is 0 Å². The zero-order valence-corrected chi connectivity index (χ0v) is 19.3. The van der Waals surface area contributed by atoms with Gasteiger partial charge in [-0.05, 0) is 66.5 Å². The van der Waals surface area contributed by atoms with Crippen molar-refractivity contribution < 1.29 is 4.39 Å². The summed E-state index contributed by atoms with van der Waals surface area (Å²) in [6.45, 7) is 4.64. The van der Waals surface area contributed by atoms with Crippen molar-refractivity contribution in [1.82, 2.24) is 25.3 Å². The van der Waals surface area contributed by atoms with E-state index in [1.165, 1.54) is 30.3 Å². The first-order valence-electron chi connectivity index (χ1n) is 10.4. The van der Waals surface area contributed by atoms with E-state index in [0.717, 1.165) is 35.9 Å². The second kappa shape index (κ2) is 10.6. The summed E-state index contributed by atoms with van der Waals surface area (Å²) >= 11 is 6.81. The monoisotopic (exact) mass is 469 g/mol. The van der Waals surface area contributed by atoms with Crippen LogP contribution in [0.2, 0.25) is 0 Å². The highest BCUT2D eigenvalue weighted by atomic mass is 32.2. The van der Waals surface area contributed by atoms with Crippen molar-refractivity contribution in [1.29, 1.82) is 0 Å². The Balaban J connectivity index is 1.50. The van der Waals surface area contributed by atoms with E-state index < -0.39 is 0 Å². The number of piperidine rings is 1. The van der Waals surface area contributed by atoms with Gasteiger partial charge in [0, 0.05) is 38.1 Å². The van der Waals surface area contributed by atoms with Gasteiger partial charge in [-0.2, -0.15) is 4.98 Å². The highest BCUT2D eigenvalue weighted by molar-refractivity contribution is 7.99. The first-order chi connectivity index (χ1) is 15.5. The number of thiocarbonyl (C=S) groups is 1. The zero-order chi connectivity index (χ0) is 22.3. The smallest absolute Gasteiger partial charge is 0.232 e. The summed E-state index contributed by atoms with van der Waals surface area (Å²) in [6, 6.07) is 10.0. The predicted molar refractivity (Wildman–Crippen MR) is 128 cm³/mol. The van der Waals surface area contributed by atoms with Crippen molar-refractivity contribution in [3.8, 4) is 0 Å². The maximum Gasteiger partial charge on any atom is 0.232 e. The fourth-order valence-electron chi connectivity index (χ4n) is 3.44. The molecular weight excluding hydrogens is 445 g/mol. The topological polar surface area (TPSA) is 78.9 Å². The van der Waals surface area contributed by atoms with Gasteiger partial charge >= 0.3 is 0 Å². The molecule has 0 amide bonds. The van der Waals surface area contributed by atoms with E-state index in [4.69, 9.17) is 17.2 Å². The molecule has 1 saturated heterocycles. The average Bonchev–Trinajstić information content (AvgIpc) is 2.79. The molecule has 3 heterocycles. The van der Waals surface area contributed by atoms with Gasteiger partial charge in [0.15, 0.2) is 10.3 Å². The Labute approximate surface area is 196 Å². The molecule has 3 aromatic rings. The van der Waals surface area contributed by atoms with Crippen LogP contribution in [0.25, 0.3) is 0 Å². The van der Waals surface area contributed by atoms with E-state index in [0.29, 0.717) is 28.7 Å². The molecule has 0 aliphatic carbocycles. The molecule has 0 bridgehead atoms. The fourth-order valence-corrected chi connectivity index (χ4v) is 4.32. The van der Waals surface area contributed by atoms with Crippen LogP contribution in [0.5, 0.6) is 0 Å². The lowest BCUT2D eigenvalue weighted by atomic mass is 10.0. The van der Waals surface area contributed by atoms with Gasteiger partial charge < -0.3 is 15.5 Å². The number of rotatable bonds is 6. The maximum absolute atomic E-state index is 13.1. The first-order valence-corrected chi connectivity index (χ1v) is 11.7. The minimum absolute atomic E-state index is 0.265. The van der Waals surface area contributed by atoms with Gasteiger partial charge in [0.25, 0.3) is 0 Å². The highest BCUT2D eigenvalue weighted by Gasteiger charge is 2.20. The SMILES string of the molecule is C[C@H]1CCCN(c2cc(Sc3ncccn3)nc(NC(=S)NCc3ccc(F)cc3)n2)C1. The lowest BCUT2D eigenvalue weighted by molar-refractivity contribution is 0.444. The van der Waals surface area contributed by atoms with E-state index in [1.807, 2.05) is 6.07 Å². The molecule has 0 saturated carbocycles. The second-order valence-electron chi connectivity index (χ2n) is 7.65. The molecule has 1 atom stereocenters. The molecular formula is C22H24FN7S2. The maximum atomic E-state index is 13.1. The minimum atomic E-state index is -0.265. The van der Waals surface area contributed by atoms with Crippen molar-refractivity contribution in [2.24, 2.45) is 5.92 Å². The Kier molecular flexibility index (Phi) is 7.43. The largest absolute Gasteiger partial charge is 0.358 e. The molecule has 2 aromatic heterocycles. The Hall–Kier alpha value is -2.85. The summed E-state index contributed by atoms with van der Waals surface area (Å²) in [5.41, 5.74) is 0.921. The third-order valence-electron chi connectivity index (χ3n) is 5.00. The Morgan fingerprint density at radius 2 is 2.00 bits per heavy atom. The van der Waals surface area contributed by atoms with Crippen LogP contribution in [0.1, 0.15) is 25.3 Å². The summed E-state index contributed by atoms with van der Waals surface area (Å²) in [5, 5.41) is 7.95. The fraction of sp³-hybridized carbons (Fsp3) is 0.318. The van der Waals surface area contributed by atoms with Gasteiger partial charge in [-0.15, -0.1) is 0 Å². The number of hydrogen-bond donors (Lipinski definition) is 2. The molecule has 32 heavy (non-hydrogen) atoms. The molecule has 10 heteroatoms. The number of halogens is 1. The van der Waals surface area contributed by atoms with Gasteiger partial charge in [-0.3, -0.25) is 0 Å². The number of benzene rings is 1. The van der Waals surface area contributed by atoms with E-state index in [9.17, 15) is 4.39 Å². The predicted octanol–water partition coefficient (Wildman–Crippen LogP) is 4.28. The molecule has 1 aliphatic heterocycles. The molecule has 0 radical (unpaired) electrons. The van der Waals surface area contributed by atoms with Crippen LogP contribution in [-0.4, -0.2) is 38.1 Å². The Morgan fingerprint density at radius 3 is 2.75 bits per heavy atom. The molecule has 1 fully saturated rings. The number of nitrogens with one attached hydrogen (secondary N) is 2. The minimum Gasteiger partial charge on any atom is -0.358 e. The van der Waals surface area contributed by atoms with Crippen LogP contribution in [-0.2, 0) is 6.54 Å². The summed E-state index contributed by atoms with van der Waals surface area (Å²) < 4.78 is 13.1. The summed E-state index contributed by atoms with van der Waals surface area (Å²) in [5.74, 6) is 1.62. The summed E-state index contributed by atoms with van der Waals surface area (Å²) in [7, 11) is 0. The van der Waals surface area contributed by atoms with E-state index in [2.05, 4.69) is 37.4 Å².